The van der Waals surface area contributed by atoms with Crippen LogP contribution in [0.4, 0.5) is 0 Å². The van der Waals surface area contributed by atoms with Crippen LogP contribution in [0.25, 0.3) is 0 Å². The Balaban J connectivity index is 1.71. The molecule has 0 saturated carbocycles. The first-order chi connectivity index (χ1) is 11.8. The van der Waals surface area contributed by atoms with Crippen molar-refractivity contribution in [1.29, 1.82) is 0 Å². The van der Waals surface area contributed by atoms with Gasteiger partial charge in [-0.25, -0.2) is 0 Å². The number of carbonyl (C=O) groups excluding carboxylic acids is 1. The molecule has 0 heterocycles. The minimum atomic E-state index is 0.657. The van der Waals surface area contributed by atoms with E-state index in [1.54, 1.807) is 12.1 Å². The maximum absolute atomic E-state index is 10.6. The Kier molecular flexibility index (Phi) is 8.61. The summed E-state index contributed by atoms with van der Waals surface area (Å²) in [6, 6.07) is 15.4. The fraction of sp³-hybridized carbons (Fsp3) is 0.381. The first kappa shape index (κ1) is 18.7. The third-order valence-corrected chi connectivity index (χ3v) is 4.59. The van der Waals surface area contributed by atoms with Gasteiger partial charge in [-0.2, -0.15) is 0 Å². The van der Waals surface area contributed by atoms with Gasteiger partial charge in [0.25, 0.3) is 0 Å². The first-order valence-corrected chi connectivity index (χ1v) is 9.82. The summed E-state index contributed by atoms with van der Waals surface area (Å²) in [5.74, 6) is 1.57. The fourth-order valence-corrected chi connectivity index (χ4v) is 3.00. The first-order valence-electron chi connectivity index (χ1n) is 8.70. The SMILES string of the molecule is O=Cc1ccc(Oc2ccc(CCCCCCCCBr)cc2)cc1. The molecule has 0 amide bonds. The van der Waals surface area contributed by atoms with Gasteiger partial charge in [0, 0.05) is 10.9 Å². The van der Waals surface area contributed by atoms with Crippen molar-refractivity contribution in [2.45, 2.75) is 44.9 Å². The van der Waals surface area contributed by atoms with Crippen LogP contribution in [-0.4, -0.2) is 11.6 Å². The summed E-state index contributed by atoms with van der Waals surface area (Å²) in [6.07, 6.45) is 9.84. The Labute approximate surface area is 153 Å². The number of hydrogen-bond donors (Lipinski definition) is 0. The average molecular weight is 389 g/mol. The van der Waals surface area contributed by atoms with Crippen LogP contribution in [0.5, 0.6) is 11.5 Å². The summed E-state index contributed by atoms with van der Waals surface area (Å²) in [5.41, 5.74) is 2.02. The standard InChI is InChI=1S/C21H25BrO2/c22-16-6-4-2-1-3-5-7-18-8-12-20(13-9-18)24-21-14-10-19(17-23)11-15-21/h8-15,17H,1-7,16H2. The Morgan fingerprint density at radius 2 is 1.29 bits per heavy atom. The van der Waals surface area contributed by atoms with Crippen molar-refractivity contribution >= 4 is 22.2 Å². The summed E-state index contributed by atoms with van der Waals surface area (Å²) in [7, 11) is 0. The molecule has 0 radical (unpaired) electrons. The van der Waals surface area contributed by atoms with Crippen molar-refractivity contribution in [2.24, 2.45) is 0 Å². The van der Waals surface area contributed by atoms with Crippen molar-refractivity contribution < 1.29 is 9.53 Å². The van der Waals surface area contributed by atoms with E-state index in [1.165, 1.54) is 44.1 Å². The fourth-order valence-electron chi connectivity index (χ4n) is 2.61. The topological polar surface area (TPSA) is 26.3 Å². The molecule has 0 aliphatic heterocycles. The molecule has 0 aromatic heterocycles. The number of carbonyl (C=O) groups is 1. The van der Waals surface area contributed by atoms with Crippen LogP contribution in [0, 0.1) is 0 Å². The largest absolute Gasteiger partial charge is 0.457 e. The summed E-state index contributed by atoms with van der Waals surface area (Å²) >= 11 is 3.47. The number of ether oxygens (including phenoxy) is 1. The van der Waals surface area contributed by atoms with E-state index in [-0.39, 0.29) is 0 Å². The van der Waals surface area contributed by atoms with Crippen LogP contribution >= 0.6 is 15.9 Å². The highest BCUT2D eigenvalue weighted by Crippen LogP contribution is 2.22. The summed E-state index contributed by atoms with van der Waals surface area (Å²) in [5, 5.41) is 1.13. The molecule has 128 valence electrons. The van der Waals surface area contributed by atoms with Crippen LogP contribution in [0.2, 0.25) is 0 Å². The minimum Gasteiger partial charge on any atom is -0.457 e. The van der Waals surface area contributed by atoms with Gasteiger partial charge in [0.2, 0.25) is 0 Å². The van der Waals surface area contributed by atoms with E-state index in [9.17, 15) is 4.79 Å². The Bertz CT molecular complexity index is 590. The van der Waals surface area contributed by atoms with Crippen LogP contribution in [0.15, 0.2) is 48.5 Å². The third kappa shape index (κ3) is 6.88. The lowest BCUT2D eigenvalue weighted by Gasteiger charge is -2.07. The summed E-state index contributed by atoms with van der Waals surface area (Å²) < 4.78 is 5.79. The number of aryl methyl sites for hydroxylation is 1. The highest BCUT2D eigenvalue weighted by molar-refractivity contribution is 9.09. The second kappa shape index (κ2) is 11.0. The second-order valence-corrected chi connectivity index (χ2v) is 6.79. The quantitative estimate of drug-likeness (QED) is 0.247. The van der Waals surface area contributed by atoms with E-state index in [1.807, 2.05) is 24.3 Å². The number of halogens is 1. The van der Waals surface area contributed by atoms with E-state index < -0.39 is 0 Å². The van der Waals surface area contributed by atoms with Crippen molar-refractivity contribution in [3.05, 3.63) is 59.7 Å². The lowest BCUT2D eigenvalue weighted by Crippen LogP contribution is -1.89. The molecular formula is C21H25BrO2. The molecule has 24 heavy (non-hydrogen) atoms. The Hall–Kier alpha value is -1.61. The molecule has 0 aliphatic rings. The maximum Gasteiger partial charge on any atom is 0.150 e. The normalized spacial score (nSPS) is 10.5. The van der Waals surface area contributed by atoms with Crippen LogP contribution in [0.1, 0.15) is 54.4 Å². The van der Waals surface area contributed by atoms with E-state index in [4.69, 9.17) is 4.74 Å². The number of hydrogen-bond acceptors (Lipinski definition) is 2. The van der Waals surface area contributed by atoms with Crippen molar-refractivity contribution in [2.75, 3.05) is 5.33 Å². The van der Waals surface area contributed by atoms with Gasteiger partial charge in [0.05, 0.1) is 0 Å². The average Bonchev–Trinajstić information content (AvgIpc) is 2.63. The highest BCUT2D eigenvalue weighted by Gasteiger charge is 1.99. The second-order valence-electron chi connectivity index (χ2n) is 5.99. The number of benzene rings is 2. The Morgan fingerprint density at radius 3 is 1.88 bits per heavy atom. The molecule has 0 aliphatic carbocycles. The van der Waals surface area contributed by atoms with Crippen LogP contribution < -0.4 is 4.74 Å². The van der Waals surface area contributed by atoms with Gasteiger partial charge in [0.1, 0.15) is 17.8 Å². The third-order valence-electron chi connectivity index (χ3n) is 4.02. The lowest BCUT2D eigenvalue weighted by atomic mass is 10.0. The molecule has 0 spiro atoms. The lowest BCUT2D eigenvalue weighted by molar-refractivity contribution is 0.112. The number of rotatable bonds is 11. The van der Waals surface area contributed by atoms with Gasteiger partial charge >= 0.3 is 0 Å². The molecule has 2 aromatic rings. The number of alkyl halides is 1. The molecule has 0 bridgehead atoms. The number of unbranched alkanes of at least 4 members (excludes halogenated alkanes) is 5. The van der Waals surface area contributed by atoms with Crippen molar-refractivity contribution in [3.8, 4) is 11.5 Å². The van der Waals surface area contributed by atoms with Gasteiger partial charge in [-0.05, 0) is 61.2 Å². The molecule has 2 aromatic carbocycles. The molecule has 3 heteroatoms. The maximum atomic E-state index is 10.6. The predicted molar refractivity (Wildman–Crippen MR) is 104 cm³/mol. The zero-order chi connectivity index (χ0) is 17.0. The Morgan fingerprint density at radius 1 is 0.750 bits per heavy atom. The molecule has 0 atom stereocenters. The van der Waals surface area contributed by atoms with E-state index >= 15 is 0 Å². The summed E-state index contributed by atoms with van der Waals surface area (Å²) in [6.45, 7) is 0. The monoisotopic (exact) mass is 388 g/mol. The van der Waals surface area contributed by atoms with E-state index in [0.29, 0.717) is 5.56 Å². The van der Waals surface area contributed by atoms with Crippen molar-refractivity contribution in [3.63, 3.8) is 0 Å². The van der Waals surface area contributed by atoms with Gasteiger partial charge in [-0.3, -0.25) is 4.79 Å². The molecule has 0 unspecified atom stereocenters. The van der Waals surface area contributed by atoms with E-state index in [0.717, 1.165) is 29.5 Å². The summed E-state index contributed by atoms with van der Waals surface area (Å²) in [4.78, 5) is 10.6. The van der Waals surface area contributed by atoms with Crippen molar-refractivity contribution in [1.82, 2.24) is 0 Å². The van der Waals surface area contributed by atoms with Gasteiger partial charge in [0.15, 0.2) is 0 Å². The zero-order valence-corrected chi connectivity index (χ0v) is 15.6. The highest BCUT2D eigenvalue weighted by atomic mass is 79.9. The van der Waals surface area contributed by atoms with Gasteiger partial charge < -0.3 is 4.74 Å². The smallest absolute Gasteiger partial charge is 0.150 e. The van der Waals surface area contributed by atoms with Gasteiger partial charge in [-0.1, -0.05) is 53.7 Å². The minimum absolute atomic E-state index is 0.657. The molecular weight excluding hydrogens is 364 g/mol. The van der Waals surface area contributed by atoms with Crippen LogP contribution in [0.3, 0.4) is 0 Å². The van der Waals surface area contributed by atoms with E-state index in [2.05, 4.69) is 28.1 Å². The molecule has 2 nitrogen and oxygen atoms in total. The van der Waals surface area contributed by atoms with Crippen LogP contribution in [-0.2, 0) is 6.42 Å². The molecule has 0 N–H and O–H groups in total. The van der Waals surface area contributed by atoms with Gasteiger partial charge in [-0.15, -0.1) is 0 Å². The molecule has 0 saturated heterocycles. The zero-order valence-electron chi connectivity index (χ0n) is 14.0. The molecule has 0 fully saturated rings. The number of aldehydes is 1. The predicted octanol–water partition coefficient (Wildman–Crippen LogP) is 6.57. The molecule has 2 rings (SSSR count).